The summed E-state index contributed by atoms with van der Waals surface area (Å²) in [6.07, 6.45) is 9.16. The molecule has 0 atom stereocenters. The van der Waals surface area contributed by atoms with Gasteiger partial charge in [-0.3, -0.25) is 4.79 Å². The summed E-state index contributed by atoms with van der Waals surface area (Å²) in [4.78, 5) is 11.7. The second kappa shape index (κ2) is 10.3. The molecule has 112 valence electrons. The van der Waals surface area contributed by atoms with Crippen LogP contribution in [-0.2, 0) is 11.3 Å². The first kappa shape index (κ1) is 16.5. The lowest BCUT2D eigenvalue weighted by Gasteiger charge is -2.06. The molecule has 0 radical (unpaired) electrons. The maximum Gasteiger partial charge on any atom is 0.220 e. The quantitative estimate of drug-likeness (QED) is 0.631. The number of hydrogen-bond acceptors (Lipinski definition) is 2. The van der Waals surface area contributed by atoms with Crippen molar-refractivity contribution >= 4 is 5.91 Å². The highest BCUT2D eigenvalue weighted by Gasteiger charge is 2.01. The van der Waals surface area contributed by atoms with Crippen molar-refractivity contribution in [1.82, 2.24) is 5.32 Å². The largest absolute Gasteiger partial charge is 0.508 e. The molecule has 3 heteroatoms. The van der Waals surface area contributed by atoms with Gasteiger partial charge >= 0.3 is 0 Å². The van der Waals surface area contributed by atoms with Crippen LogP contribution in [0.1, 0.15) is 63.9 Å². The molecule has 2 N–H and O–H groups in total. The van der Waals surface area contributed by atoms with Gasteiger partial charge in [-0.05, 0) is 24.1 Å². The summed E-state index contributed by atoms with van der Waals surface area (Å²) in [5.74, 6) is 0.339. The van der Waals surface area contributed by atoms with E-state index in [2.05, 4.69) is 12.2 Å². The van der Waals surface area contributed by atoms with Gasteiger partial charge in [0.1, 0.15) is 5.75 Å². The Labute approximate surface area is 122 Å². The Kier molecular flexibility index (Phi) is 8.52. The second-order valence-corrected chi connectivity index (χ2v) is 5.32. The van der Waals surface area contributed by atoms with Crippen molar-refractivity contribution in [2.75, 3.05) is 0 Å². The minimum Gasteiger partial charge on any atom is -0.508 e. The number of carbonyl (C=O) groups is 1. The van der Waals surface area contributed by atoms with E-state index < -0.39 is 0 Å². The molecule has 0 bridgehead atoms. The van der Waals surface area contributed by atoms with Gasteiger partial charge in [0, 0.05) is 13.0 Å². The molecule has 1 aromatic rings. The molecule has 0 spiro atoms. The number of nitrogens with one attached hydrogen (secondary N) is 1. The number of amides is 1. The van der Waals surface area contributed by atoms with E-state index in [0.717, 1.165) is 18.4 Å². The van der Waals surface area contributed by atoms with E-state index in [0.29, 0.717) is 13.0 Å². The average Bonchev–Trinajstić information content (AvgIpc) is 2.44. The Balaban J connectivity index is 2.03. The summed E-state index contributed by atoms with van der Waals surface area (Å²) in [7, 11) is 0. The smallest absolute Gasteiger partial charge is 0.220 e. The lowest BCUT2D eigenvalue weighted by Crippen LogP contribution is -2.22. The molecule has 1 aromatic carbocycles. The molecule has 0 unspecified atom stereocenters. The standard InChI is InChI=1S/C17H27NO2/c1-2-3-4-5-6-7-8-12-17(20)18-14-15-10-9-11-16(19)13-15/h9-11,13,19H,2-8,12,14H2,1H3,(H,18,20). The Bertz CT molecular complexity index is 390. The van der Waals surface area contributed by atoms with Crippen LogP contribution in [0.4, 0.5) is 0 Å². The van der Waals surface area contributed by atoms with Crippen molar-refractivity contribution in [3.05, 3.63) is 29.8 Å². The van der Waals surface area contributed by atoms with Crippen molar-refractivity contribution in [3.63, 3.8) is 0 Å². The number of phenolic OH excluding ortho intramolecular Hbond substituents is 1. The third-order valence-electron chi connectivity index (χ3n) is 3.41. The van der Waals surface area contributed by atoms with Crippen LogP contribution >= 0.6 is 0 Å². The summed E-state index contributed by atoms with van der Waals surface area (Å²) >= 11 is 0. The molecule has 1 amide bonds. The van der Waals surface area contributed by atoms with Crippen molar-refractivity contribution < 1.29 is 9.90 Å². The number of unbranched alkanes of at least 4 members (excludes halogenated alkanes) is 6. The van der Waals surface area contributed by atoms with Gasteiger partial charge in [0.05, 0.1) is 0 Å². The molecule has 0 aliphatic heterocycles. The van der Waals surface area contributed by atoms with Crippen LogP contribution in [0.5, 0.6) is 5.75 Å². The van der Waals surface area contributed by atoms with Gasteiger partial charge in [-0.1, -0.05) is 57.6 Å². The van der Waals surface area contributed by atoms with Gasteiger partial charge in [0.15, 0.2) is 0 Å². The molecule has 0 fully saturated rings. The highest BCUT2D eigenvalue weighted by Crippen LogP contribution is 2.11. The summed E-state index contributed by atoms with van der Waals surface area (Å²) in [6.45, 7) is 2.71. The first-order chi connectivity index (χ1) is 9.72. The molecule has 3 nitrogen and oxygen atoms in total. The van der Waals surface area contributed by atoms with Crippen molar-refractivity contribution in [1.29, 1.82) is 0 Å². The van der Waals surface area contributed by atoms with Gasteiger partial charge in [-0.2, -0.15) is 0 Å². The zero-order valence-electron chi connectivity index (χ0n) is 12.5. The molecule has 1 rings (SSSR count). The molecule has 0 heterocycles. The van der Waals surface area contributed by atoms with Gasteiger partial charge in [0.2, 0.25) is 5.91 Å². The Morgan fingerprint density at radius 1 is 1.10 bits per heavy atom. The summed E-state index contributed by atoms with van der Waals surface area (Å²) in [6, 6.07) is 6.98. The van der Waals surface area contributed by atoms with E-state index in [1.165, 1.54) is 32.1 Å². The third-order valence-corrected chi connectivity index (χ3v) is 3.41. The third kappa shape index (κ3) is 7.82. The van der Waals surface area contributed by atoms with Crippen LogP contribution in [-0.4, -0.2) is 11.0 Å². The van der Waals surface area contributed by atoms with Crippen LogP contribution in [0.2, 0.25) is 0 Å². The van der Waals surface area contributed by atoms with Crippen molar-refractivity contribution in [2.45, 2.75) is 64.8 Å². The number of hydrogen-bond donors (Lipinski definition) is 2. The molecule has 0 saturated heterocycles. The maximum absolute atomic E-state index is 11.7. The highest BCUT2D eigenvalue weighted by molar-refractivity contribution is 5.75. The van der Waals surface area contributed by atoms with E-state index >= 15 is 0 Å². The Morgan fingerprint density at radius 3 is 2.50 bits per heavy atom. The fourth-order valence-corrected chi connectivity index (χ4v) is 2.20. The first-order valence-electron chi connectivity index (χ1n) is 7.77. The summed E-state index contributed by atoms with van der Waals surface area (Å²) < 4.78 is 0. The van der Waals surface area contributed by atoms with Gasteiger partial charge < -0.3 is 10.4 Å². The normalized spacial score (nSPS) is 10.4. The molecule has 0 saturated carbocycles. The lowest BCUT2D eigenvalue weighted by molar-refractivity contribution is -0.121. The van der Waals surface area contributed by atoms with E-state index in [1.807, 2.05) is 6.07 Å². The molecule has 0 aromatic heterocycles. The van der Waals surface area contributed by atoms with Crippen LogP contribution in [0, 0.1) is 0 Å². The predicted molar refractivity (Wildman–Crippen MR) is 82.6 cm³/mol. The highest BCUT2D eigenvalue weighted by atomic mass is 16.3. The van der Waals surface area contributed by atoms with Crippen LogP contribution in [0.25, 0.3) is 0 Å². The summed E-state index contributed by atoms with van der Waals surface area (Å²) in [5.41, 5.74) is 0.929. The number of aromatic hydroxyl groups is 1. The minimum absolute atomic E-state index is 0.0990. The number of benzene rings is 1. The zero-order chi connectivity index (χ0) is 14.6. The monoisotopic (exact) mass is 277 g/mol. The fraction of sp³-hybridized carbons (Fsp3) is 0.588. The SMILES string of the molecule is CCCCCCCCCC(=O)NCc1cccc(O)c1. The molecule has 0 aliphatic carbocycles. The second-order valence-electron chi connectivity index (χ2n) is 5.32. The van der Waals surface area contributed by atoms with E-state index in [4.69, 9.17) is 0 Å². The van der Waals surface area contributed by atoms with Gasteiger partial charge in [-0.15, -0.1) is 0 Å². The average molecular weight is 277 g/mol. The van der Waals surface area contributed by atoms with Crippen LogP contribution in [0.15, 0.2) is 24.3 Å². The van der Waals surface area contributed by atoms with E-state index in [9.17, 15) is 9.90 Å². The van der Waals surface area contributed by atoms with Crippen molar-refractivity contribution in [3.8, 4) is 5.75 Å². The van der Waals surface area contributed by atoms with E-state index in [-0.39, 0.29) is 11.7 Å². The zero-order valence-corrected chi connectivity index (χ0v) is 12.5. The van der Waals surface area contributed by atoms with Crippen molar-refractivity contribution in [2.24, 2.45) is 0 Å². The molecule has 0 aliphatic rings. The number of rotatable bonds is 10. The van der Waals surface area contributed by atoms with Crippen LogP contribution < -0.4 is 5.32 Å². The van der Waals surface area contributed by atoms with Crippen LogP contribution in [0.3, 0.4) is 0 Å². The fourth-order valence-electron chi connectivity index (χ4n) is 2.20. The summed E-state index contributed by atoms with van der Waals surface area (Å²) in [5, 5.41) is 12.2. The number of phenols is 1. The Hall–Kier alpha value is -1.51. The lowest BCUT2D eigenvalue weighted by atomic mass is 10.1. The first-order valence-corrected chi connectivity index (χ1v) is 7.77. The Morgan fingerprint density at radius 2 is 1.80 bits per heavy atom. The minimum atomic E-state index is 0.0990. The maximum atomic E-state index is 11.7. The molecular weight excluding hydrogens is 250 g/mol. The number of carbonyl (C=O) groups excluding carboxylic acids is 1. The van der Waals surface area contributed by atoms with Gasteiger partial charge in [-0.25, -0.2) is 0 Å². The predicted octanol–water partition coefficient (Wildman–Crippen LogP) is 4.15. The topological polar surface area (TPSA) is 49.3 Å². The van der Waals surface area contributed by atoms with E-state index in [1.54, 1.807) is 18.2 Å². The molecule has 20 heavy (non-hydrogen) atoms. The molecular formula is C17H27NO2. The van der Waals surface area contributed by atoms with Gasteiger partial charge in [0.25, 0.3) is 0 Å².